The number of carboxylic acids is 1. The van der Waals surface area contributed by atoms with Gasteiger partial charge in [-0.2, -0.15) is 11.3 Å². The smallest absolute Gasteiger partial charge is 0.310 e. The summed E-state index contributed by atoms with van der Waals surface area (Å²) in [5, 5.41) is 11.8. The molecule has 1 aliphatic heterocycles. The van der Waals surface area contributed by atoms with Crippen LogP contribution in [-0.4, -0.2) is 36.6 Å². The van der Waals surface area contributed by atoms with E-state index in [-0.39, 0.29) is 10.4 Å². The monoisotopic (exact) mass is 557 g/mol. The number of aliphatic carboxylic acids is 1. The quantitative estimate of drug-likeness (QED) is 0.242. The van der Waals surface area contributed by atoms with E-state index < -0.39 is 27.7 Å². The second-order valence-electron chi connectivity index (χ2n) is 9.21. The fourth-order valence-electron chi connectivity index (χ4n) is 4.99. The minimum Gasteiger partial charge on any atom is -0.481 e. The maximum Gasteiger partial charge on any atom is 0.310 e. The van der Waals surface area contributed by atoms with Gasteiger partial charge in [0.2, 0.25) is 5.00 Å². The van der Waals surface area contributed by atoms with Gasteiger partial charge in [0.05, 0.1) is 28.6 Å². The van der Waals surface area contributed by atoms with Crippen LogP contribution in [0.25, 0.3) is 38.1 Å². The minimum absolute atomic E-state index is 0.0675. The van der Waals surface area contributed by atoms with E-state index in [9.17, 15) is 22.7 Å². The van der Waals surface area contributed by atoms with E-state index in [1.165, 1.54) is 45.6 Å². The van der Waals surface area contributed by atoms with Crippen LogP contribution in [0.3, 0.4) is 0 Å². The zero-order valence-corrected chi connectivity index (χ0v) is 21.9. The molecule has 0 saturated carbocycles. The third kappa shape index (κ3) is 4.07. The number of aromatic nitrogens is 1. The molecule has 3 aromatic carbocycles. The number of fused-ring (bicyclic) bond motifs is 1. The molecule has 1 N–H and O–H groups in total. The van der Waals surface area contributed by atoms with E-state index in [2.05, 4.69) is 4.85 Å². The minimum atomic E-state index is -4.16. The molecule has 1 fully saturated rings. The van der Waals surface area contributed by atoms with Crippen molar-refractivity contribution in [1.29, 1.82) is 0 Å². The van der Waals surface area contributed by atoms with Crippen LogP contribution < -0.4 is 4.90 Å². The molecule has 3 heterocycles. The van der Waals surface area contributed by atoms with Crippen molar-refractivity contribution in [2.45, 2.75) is 4.90 Å². The van der Waals surface area contributed by atoms with Crippen LogP contribution in [0.2, 0.25) is 0 Å². The van der Waals surface area contributed by atoms with Crippen molar-refractivity contribution in [1.82, 2.24) is 3.97 Å². The SMILES string of the molecule is [C-]#[N+]c1sccc1-c1c(-c2cccc(N3CC(C(=O)O)C3)c2)n(S(=O)(=O)c2ccccc2)c2ccc(F)cc12. The first-order valence-corrected chi connectivity index (χ1v) is 14.3. The highest BCUT2D eigenvalue weighted by molar-refractivity contribution is 7.90. The van der Waals surface area contributed by atoms with E-state index in [1.807, 2.05) is 17.0 Å². The Hall–Kier alpha value is -4.46. The summed E-state index contributed by atoms with van der Waals surface area (Å²) in [6, 6.07) is 20.9. The molecule has 0 bridgehead atoms. The van der Waals surface area contributed by atoms with E-state index in [0.717, 1.165) is 5.69 Å². The highest BCUT2D eigenvalue weighted by Crippen LogP contribution is 2.48. The lowest BCUT2D eigenvalue weighted by Gasteiger charge is -2.38. The van der Waals surface area contributed by atoms with Gasteiger partial charge in [-0.1, -0.05) is 36.4 Å². The van der Waals surface area contributed by atoms with Crippen LogP contribution in [0, 0.1) is 18.3 Å². The molecule has 1 aliphatic rings. The van der Waals surface area contributed by atoms with Gasteiger partial charge in [-0.25, -0.2) is 21.6 Å². The van der Waals surface area contributed by atoms with Gasteiger partial charge < -0.3 is 10.0 Å². The summed E-state index contributed by atoms with van der Waals surface area (Å²) in [4.78, 5) is 17.0. The summed E-state index contributed by atoms with van der Waals surface area (Å²) in [5.74, 6) is -1.85. The van der Waals surface area contributed by atoms with Crippen LogP contribution in [0.5, 0.6) is 0 Å². The van der Waals surface area contributed by atoms with Gasteiger partial charge in [0, 0.05) is 40.9 Å². The third-order valence-corrected chi connectivity index (χ3v) is 9.43. The molecule has 1 saturated heterocycles. The summed E-state index contributed by atoms with van der Waals surface area (Å²) >= 11 is 1.23. The number of halogens is 1. The average molecular weight is 558 g/mol. The summed E-state index contributed by atoms with van der Waals surface area (Å²) in [6.45, 7) is 8.38. The normalized spacial score (nSPS) is 13.8. The predicted molar refractivity (Wildman–Crippen MR) is 149 cm³/mol. The number of thiophene rings is 1. The third-order valence-electron chi connectivity index (χ3n) is 6.90. The van der Waals surface area contributed by atoms with Gasteiger partial charge in [0.25, 0.3) is 10.0 Å². The lowest BCUT2D eigenvalue weighted by Crippen LogP contribution is -2.50. The topological polar surface area (TPSA) is 84.0 Å². The Balaban J connectivity index is 1.68. The van der Waals surface area contributed by atoms with Crippen LogP contribution in [-0.2, 0) is 14.8 Å². The lowest BCUT2D eigenvalue weighted by molar-refractivity contribution is -0.142. The van der Waals surface area contributed by atoms with Gasteiger partial charge in [0.1, 0.15) is 5.82 Å². The fourth-order valence-corrected chi connectivity index (χ4v) is 7.24. The van der Waals surface area contributed by atoms with Gasteiger partial charge in [-0.15, -0.1) is 0 Å². The van der Waals surface area contributed by atoms with Gasteiger partial charge in [-0.3, -0.25) is 4.79 Å². The Kier molecular flexibility index (Phi) is 5.98. The Morgan fingerprint density at radius 2 is 1.79 bits per heavy atom. The molecule has 0 atom stereocenters. The molecule has 6 rings (SSSR count). The Bertz CT molecular complexity index is 1900. The largest absolute Gasteiger partial charge is 0.481 e. The first-order valence-electron chi connectivity index (χ1n) is 12.0. The summed E-state index contributed by atoms with van der Waals surface area (Å²) < 4.78 is 44.3. The molecule has 39 heavy (non-hydrogen) atoms. The zero-order chi connectivity index (χ0) is 27.3. The second-order valence-corrected chi connectivity index (χ2v) is 11.9. The van der Waals surface area contributed by atoms with Crippen LogP contribution in [0.1, 0.15) is 0 Å². The van der Waals surface area contributed by atoms with Crippen molar-refractivity contribution in [3.05, 3.63) is 101 Å². The summed E-state index contributed by atoms with van der Waals surface area (Å²) in [7, 11) is -4.16. The van der Waals surface area contributed by atoms with Gasteiger partial charge >= 0.3 is 5.97 Å². The molecule has 10 heteroatoms. The van der Waals surface area contributed by atoms with Crippen LogP contribution in [0.4, 0.5) is 15.1 Å². The molecule has 7 nitrogen and oxygen atoms in total. The molecule has 2 aromatic heterocycles. The molecule has 0 radical (unpaired) electrons. The molecular formula is C29H20FN3O4S2. The molecule has 0 spiro atoms. The summed E-state index contributed by atoms with van der Waals surface area (Å²) in [6.07, 6.45) is 0. The van der Waals surface area contributed by atoms with Gasteiger partial charge in [0.15, 0.2) is 0 Å². The predicted octanol–water partition coefficient (Wildman–Crippen LogP) is 6.48. The Morgan fingerprint density at radius 1 is 1.03 bits per heavy atom. The standard InChI is InChI=1S/C29H20FN3O4S2/c1-31-28-23(12-13-38-28)26-24-15-20(30)10-11-25(24)33(39(36,37)22-8-3-2-4-9-22)27(26)18-6-5-7-21(14-18)32-16-19(17-32)29(34)35/h2-15,19H,16-17H2,(H,34,35). The van der Waals surface area contributed by atoms with Crippen LogP contribution in [0.15, 0.2) is 89.1 Å². The molecule has 0 unspecified atom stereocenters. The number of nitrogens with zero attached hydrogens (tertiary/aromatic N) is 3. The molecule has 0 aliphatic carbocycles. The van der Waals surface area contributed by atoms with Gasteiger partial charge in [-0.05, 0) is 47.8 Å². The first-order chi connectivity index (χ1) is 18.8. The molecule has 0 amide bonds. The van der Waals surface area contributed by atoms with E-state index in [1.54, 1.807) is 41.8 Å². The maximum absolute atomic E-state index is 14.7. The number of rotatable bonds is 6. The lowest BCUT2D eigenvalue weighted by atomic mass is 9.97. The zero-order valence-electron chi connectivity index (χ0n) is 20.3. The van der Waals surface area contributed by atoms with E-state index in [4.69, 9.17) is 6.57 Å². The van der Waals surface area contributed by atoms with Crippen molar-refractivity contribution >= 4 is 48.9 Å². The van der Waals surface area contributed by atoms with E-state index >= 15 is 0 Å². The van der Waals surface area contributed by atoms with Crippen molar-refractivity contribution in [2.75, 3.05) is 18.0 Å². The number of hydrogen-bond donors (Lipinski definition) is 1. The molecule has 5 aromatic rings. The van der Waals surface area contributed by atoms with Crippen molar-refractivity contribution < 1.29 is 22.7 Å². The molecule has 194 valence electrons. The average Bonchev–Trinajstić information content (AvgIpc) is 3.50. The van der Waals surface area contributed by atoms with Crippen LogP contribution >= 0.6 is 11.3 Å². The fraction of sp³-hybridized carbons (Fsp3) is 0.103. The van der Waals surface area contributed by atoms with Crippen molar-refractivity contribution in [3.8, 4) is 22.4 Å². The highest BCUT2D eigenvalue weighted by Gasteiger charge is 2.34. The number of carboxylic acid groups (broad SMARTS) is 1. The summed E-state index contributed by atoms with van der Waals surface area (Å²) in [5.41, 5.74) is 2.84. The molecular weight excluding hydrogens is 537 g/mol. The van der Waals surface area contributed by atoms with Crippen molar-refractivity contribution in [3.63, 3.8) is 0 Å². The van der Waals surface area contributed by atoms with Crippen molar-refractivity contribution in [2.24, 2.45) is 5.92 Å². The Morgan fingerprint density at radius 3 is 2.51 bits per heavy atom. The second kappa shape index (κ2) is 9.38. The number of benzene rings is 3. The number of carbonyl (C=O) groups is 1. The van der Waals surface area contributed by atoms with E-state index in [0.29, 0.717) is 45.9 Å². The number of hydrogen-bond acceptors (Lipinski definition) is 5. The number of anilines is 1. The highest BCUT2D eigenvalue weighted by atomic mass is 32.2. The first kappa shape index (κ1) is 24.9. The maximum atomic E-state index is 14.7. The Labute approximate surface area is 227 Å².